The molecule has 1 aromatic rings. The standard InChI is InChI=1S/C12H22N4/c1-4-15-12(6-8-16(2)3)10-9-14-7-5-11(10)13/h5,7,9,12,15H,4,6,8H2,1-3H3,(H2,13,14). The Labute approximate surface area is 97.9 Å². The van der Waals surface area contributed by atoms with Crippen LogP contribution < -0.4 is 11.1 Å². The van der Waals surface area contributed by atoms with Crippen LogP contribution in [0.3, 0.4) is 0 Å². The molecule has 0 spiro atoms. The molecule has 0 amide bonds. The summed E-state index contributed by atoms with van der Waals surface area (Å²) < 4.78 is 0. The van der Waals surface area contributed by atoms with Gasteiger partial charge >= 0.3 is 0 Å². The molecule has 0 saturated heterocycles. The molecular formula is C12H22N4. The van der Waals surface area contributed by atoms with Gasteiger partial charge in [0.05, 0.1) is 0 Å². The lowest BCUT2D eigenvalue weighted by atomic mass is 10.0. The van der Waals surface area contributed by atoms with Crippen LogP contribution in [0.15, 0.2) is 18.5 Å². The van der Waals surface area contributed by atoms with Crippen molar-refractivity contribution in [2.45, 2.75) is 19.4 Å². The van der Waals surface area contributed by atoms with Crippen LogP contribution in [-0.2, 0) is 0 Å². The Bertz CT molecular complexity index is 312. The second kappa shape index (κ2) is 6.45. The summed E-state index contributed by atoms with van der Waals surface area (Å²) in [5, 5.41) is 3.45. The molecule has 1 atom stereocenters. The first-order valence-corrected chi connectivity index (χ1v) is 5.72. The van der Waals surface area contributed by atoms with Crippen molar-refractivity contribution < 1.29 is 0 Å². The van der Waals surface area contributed by atoms with Gasteiger partial charge in [-0.05, 0) is 39.7 Å². The van der Waals surface area contributed by atoms with Gasteiger partial charge in [0.15, 0.2) is 0 Å². The van der Waals surface area contributed by atoms with Gasteiger partial charge in [-0.2, -0.15) is 0 Å². The molecule has 1 unspecified atom stereocenters. The molecule has 90 valence electrons. The average Bonchev–Trinajstić information content (AvgIpc) is 2.25. The first-order valence-electron chi connectivity index (χ1n) is 5.72. The predicted molar refractivity (Wildman–Crippen MR) is 68.2 cm³/mol. The SMILES string of the molecule is CCNC(CCN(C)C)c1cnccc1N. The molecule has 0 fully saturated rings. The summed E-state index contributed by atoms with van der Waals surface area (Å²) >= 11 is 0. The second-order valence-electron chi connectivity index (χ2n) is 4.21. The Morgan fingerprint density at radius 3 is 2.81 bits per heavy atom. The summed E-state index contributed by atoms with van der Waals surface area (Å²) in [6, 6.07) is 2.15. The predicted octanol–water partition coefficient (Wildman–Crippen LogP) is 1.27. The molecule has 0 aliphatic carbocycles. The number of rotatable bonds is 6. The Hall–Kier alpha value is -1.13. The maximum atomic E-state index is 5.96. The molecule has 1 rings (SSSR count). The van der Waals surface area contributed by atoms with E-state index < -0.39 is 0 Å². The van der Waals surface area contributed by atoms with E-state index in [1.54, 1.807) is 6.20 Å². The summed E-state index contributed by atoms with van der Waals surface area (Å²) in [6.45, 7) is 4.08. The number of pyridine rings is 1. The van der Waals surface area contributed by atoms with Crippen LogP contribution in [0.25, 0.3) is 0 Å². The number of anilines is 1. The van der Waals surface area contributed by atoms with E-state index in [0.29, 0.717) is 6.04 Å². The van der Waals surface area contributed by atoms with Crippen LogP contribution in [0.4, 0.5) is 5.69 Å². The zero-order valence-corrected chi connectivity index (χ0v) is 10.4. The van der Waals surface area contributed by atoms with Gasteiger partial charge in [-0.15, -0.1) is 0 Å². The first-order chi connectivity index (χ1) is 7.65. The van der Waals surface area contributed by atoms with Crippen molar-refractivity contribution in [3.63, 3.8) is 0 Å². The van der Waals surface area contributed by atoms with E-state index in [4.69, 9.17) is 5.73 Å². The summed E-state index contributed by atoms with van der Waals surface area (Å²) in [4.78, 5) is 6.32. The lowest BCUT2D eigenvalue weighted by Gasteiger charge is -2.21. The largest absolute Gasteiger partial charge is 0.398 e. The topological polar surface area (TPSA) is 54.2 Å². The second-order valence-corrected chi connectivity index (χ2v) is 4.21. The maximum Gasteiger partial charge on any atom is 0.0393 e. The number of hydrogen-bond donors (Lipinski definition) is 2. The molecule has 4 heteroatoms. The monoisotopic (exact) mass is 222 g/mol. The van der Waals surface area contributed by atoms with Crippen molar-refractivity contribution in [1.82, 2.24) is 15.2 Å². The molecule has 0 saturated carbocycles. The maximum absolute atomic E-state index is 5.96. The Balaban J connectivity index is 2.73. The molecule has 4 nitrogen and oxygen atoms in total. The van der Waals surface area contributed by atoms with Crippen LogP contribution in [0.2, 0.25) is 0 Å². The van der Waals surface area contributed by atoms with E-state index in [2.05, 4.69) is 36.2 Å². The fourth-order valence-electron chi connectivity index (χ4n) is 1.71. The number of nitrogens with one attached hydrogen (secondary N) is 1. The van der Waals surface area contributed by atoms with Gasteiger partial charge in [-0.3, -0.25) is 4.98 Å². The van der Waals surface area contributed by atoms with E-state index in [-0.39, 0.29) is 0 Å². The lowest BCUT2D eigenvalue weighted by Crippen LogP contribution is -2.26. The third-order valence-electron chi connectivity index (χ3n) is 2.58. The highest BCUT2D eigenvalue weighted by molar-refractivity contribution is 5.46. The van der Waals surface area contributed by atoms with Crippen LogP contribution in [0.1, 0.15) is 24.9 Å². The van der Waals surface area contributed by atoms with Gasteiger partial charge in [-0.1, -0.05) is 6.92 Å². The van der Waals surface area contributed by atoms with Gasteiger partial charge < -0.3 is 16.0 Å². The van der Waals surface area contributed by atoms with Gasteiger partial charge in [0.2, 0.25) is 0 Å². The fourth-order valence-corrected chi connectivity index (χ4v) is 1.71. The smallest absolute Gasteiger partial charge is 0.0393 e. The van der Waals surface area contributed by atoms with Crippen molar-refractivity contribution in [3.05, 3.63) is 24.0 Å². The minimum atomic E-state index is 0.293. The minimum Gasteiger partial charge on any atom is -0.398 e. The van der Waals surface area contributed by atoms with E-state index in [1.807, 2.05) is 12.3 Å². The number of nitrogens with zero attached hydrogens (tertiary/aromatic N) is 2. The summed E-state index contributed by atoms with van der Waals surface area (Å²) in [5.41, 5.74) is 7.89. The van der Waals surface area contributed by atoms with Gasteiger partial charge in [0.1, 0.15) is 0 Å². The zero-order chi connectivity index (χ0) is 12.0. The third-order valence-corrected chi connectivity index (χ3v) is 2.58. The number of aromatic nitrogens is 1. The molecule has 1 aromatic heterocycles. The van der Waals surface area contributed by atoms with E-state index >= 15 is 0 Å². The van der Waals surface area contributed by atoms with Crippen molar-refractivity contribution in [1.29, 1.82) is 0 Å². The zero-order valence-electron chi connectivity index (χ0n) is 10.4. The average molecular weight is 222 g/mol. The van der Waals surface area contributed by atoms with Crippen LogP contribution in [0, 0.1) is 0 Å². The Kier molecular flexibility index (Phi) is 5.22. The third kappa shape index (κ3) is 3.79. The van der Waals surface area contributed by atoms with E-state index in [9.17, 15) is 0 Å². The molecule has 0 aromatic carbocycles. The highest BCUT2D eigenvalue weighted by Gasteiger charge is 2.13. The molecule has 0 aliphatic rings. The molecule has 1 heterocycles. The van der Waals surface area contributed by atoms with E-state index in [0.717, 1.165) is 30.8 Å². The van der Waals surface area contributed by atoms with Crippen molar-refractivity contribution in [2.24, 2.45) is 0 Å². The van der Waals surface area contributed by atoms with Crippen molar-refractivity contribution >= 4 is 5.69 Å². The highest BCUT2D eigenvalue weighted by Crippen LogP contribution is 2.21. The molecule has 16 heavy (non-hydrogen) atoms. The molecule has 0 radical (unpaired) electrons. The Morgan fingerprint density at radius 2 is 2.25 bits per heavy atom. The molecule has 0 bridgehead atoms. The van der Waals surface area contributed by atoms with Gasteiger partial charge in [-0.25, -0.2) is 0 Å². The van der Waals surface area contributed by atoms with E-state index in [1.165, 1.54) is 0 Å². The number of nitrogen functional groups attached to an aromatic ring is 1. The van der Waals surface area contributed by atoms with Gasteiger partial charge in [0.25, 0.3) is 0 Å². The fraction of sp³-hybridized carbons (Fsp3) is 0.583. The van der Waals surface area contributed by atoms with Crippen LogP contribution in [0.5, 0.6) is 0 Å². The lowest BCUT2D eigenvalue weighted by molar-refractivity contribution is 0.363. The molecular weight excluding hydrogens is 200 g/mol. The van der Waals surface area contributed by atoms with Crippen LogP contribution in [-0.4, -0.2) is 37.1 Å². The quantitative estimate of drug-likeness (QED) is 0.761. The normalized spacial score (nSPS) is 13.0. The van der Waals surface area contributed by atoms with Crippen molar-refractivity contribution in [2.75, 3.05) is 32.9 Å². The Morgan fingerprint density at radius 1 is 1.50 bits per heavy atom. The van der Waals surface area contributed by atoms with Gasteiger partial charge in [0, 0.05) is 29.7 Å². The summed E-state index contributed by atoms with van der Waals surface area (Å²) in [7, 11) is 4.16. The number of hydrogen-bond acceptors (Lipinski definition) is 4. The molecule has 3 N–H and O–H groups in total. The minimum absolute atomic E-state index is 0.293. The van der Waals surface area contributed by atoms with Crippen molar-refractivity contribution in [3.8, 4) is 0 Å². The summed E-state index contributed by atoms with van der Waals surface area (Å²) in [6.07, 6.45) is 4.63. The first kappa shape index (κ1) is 12.9. The van der Waals surface area contributed by atoms with Crippen LogP contribution >= 0.6 is 0 Å². The highest BCUT2D eigenvalue weighted by atomic mass is 15.1. The number of nitrogens with two attached hydrogens (primary N) is 1. The summed E-state index contributed by atoms with van der Waals surface area (Å²) in [5.74, 6) is 0. The molecule has 0 aliphatic heterocycles.